The van der Waals surface area contributed by atoms with E-state index in [1.54, 1.807) is 11.8 Å². The van der Waals surface area contributed by atoms with Crippen LogP contribution in [0.3, 0.4) is 0 Å². The second-order valence-electron chi connectivity index (χ2n) is 4.34. The molecule has 0 aromatic carbocycles. The highest BCUT2D eigenvalue weighted by atomic mass is 16.2. The van der Waals surface area contributed by atoms with E-state index in [4.69, 9.17) is 5.73 Å². The summed E-state index contributed by atoms with van der Waals surface area (Å²) >= 11 is 0. The van der Waals surface area contributed by atoms with Crippen LogP contribution in [0.4, 0.5) is 0 Å². The molecule has 0 aromatic heterocycles. The first kappa shape index (κ1) is 15.9. The molecule has 0 rings (SSSR count). The molecule has 0 aromatic rings. The maximum absolute atomic E-state index is 11.6. The van der Waals surface area contributed by atoms with Crippen LogP contribution < -0.4 is 11.1 Å². The molecule has 0 heterocycles. The Kier molecular flexibility index (Phi) is 6.80. The van der Waals surface area contributed by atoms with E-state index in [0.717, 1.165) is 0 Å². The van der Waals surface area contributed by atoms with Gasteiger partial charge in [-0.25, -0.2) is 0 Å². The number of nitrogens with one attached hydrogen (secondary N) is 1. The fourth-order valence-electron chi connectivity index (χ4n) is 1.38. The largest absolute Gasteiger partial charge is 0.354 e. The monoisotopic (exact) mass is 243 g/mol. The maximum Gasteiger partial charge on any atom is 0.239 e. The Morgan fingerprint density at radius 1 is 1.24 bits per heavy atom. The van der Waals surface area contributed by atoms with E-state index in [-0.39, 0.29) is 11.8 Å². The number of carbonyl (C=O) groups is 2. The molecule has 1 unspecified atom stereocenters. The zero-order valence-electron chi connectivity index (χ0n) is 11.4. The predicted molar refractivity (Wildman–Crippen MR) is 68.4 cm³/mol. The number of nitrogens with zero attached hydrogens (tertiary/aromatic N) is 1. The van der Waals surface area contributed by atoms with Crippen LogP contribution in [-0.2, 0) is 9.59 Å². The molecule has 0 saturated heterocycles. The lowest BCUT2D eigenvalue weighted by Gasteiger charge is -2.22. The van der Waals surface area contributed by atoms with Crippen molar-refractivity contribution in [2.75, 3.05) is 19.6 Å². The van der Waals surface area contributed by atoms with Crippen molar-refractivity contribution in [2.45, 2.75) is 46.1 Å². The van der Waals surface area contributed by atoms with E-state index in [9.17, 15) is 9.59 Å². The van der Waals surface area contributed by atoms with Gasteiger partial charge in [-0.05, 0) is 27.2 Å². The third-order valence-corrected chi connectivity index (χ3v) is 2.99. The number of hydrogen-bond acceptors (Lipinski definition) is 3. The minimum Gasteiger partial charge on any atom is -0.354 e. The van der Waals surface area contributed by atoms with E-state index < -0.39 is 5.54 Å². The molecule has 0 radical (unpaired) electrons. The number of nitrogens with two attached hydrogens (primary N) is 1. The van der Waals surface area contributed by atoms with E-state index in [1.807, 2.05) is 20.8 Å². The van der Waals surface area contributed by atoms with Gasteiger partial charge in [0.2, 0.25) is 11.8 Å². The van der Waals surface area contributed by atoms with Crippen molar-refractivity contribution in [2.24, 2.45) is 5.73 Å². The van der Waals surface area contributed by atoms with Gasteiger partial charge in [-0.1, -0.05) is 6.92 Å². The van der Waals surface area contributed by atoms with E-state index in [2.05, 4.69) is 5.32 Å². The van der Waals surface area contributed by atoms with Gasteiger partial charge in [0.25, 0.3) is 0 Å². The fourth-order valence-corrected chi connectivity index (χ4v) is 1.38. The molecular formula is C12H25N3O2. The van der Waals surface area contributed by atoms with Crippen molar-refractivity contribution in [3.05, 3.63) is 0 Å². The zero-order valence-corrected chi connectivity index (χ0v) is 11.4. The van der Waals surface area contributed by atoms with Crippen LogP contribution in [0.2, 0.25) is 0 Å². The van der Waals surface area contributed by atoms with Gasteiger partial charge in [-0.3, -0.25) is 9.59 Å². The average molecular weight is 243 g/mol. The molecule has 1 atom stereocenters. The second-order valence-corrected chi connectivity index (χ2v) is 4.34. The summed E-state index contributed by atoms with van der Waals surface area (Å²) in [6, 6.07) is 0. The van der Waals surface area contributed by atoms with Crippen LogP contribution in [0.5, 0.6) is 0 Å². The molecule has 0 saturated carbocycles. The summed E-state index contributed by atoms with van der Waals surface area (Å²) in [5.41, 5.74) is 4.93. The molecule has 0 bridgehead atoms. The van der Waals surface area contributed by atoms with Crippen molar-refractivity contribution in [1.82, 2.24) is 10.2 Å². The number of hydrogen-bond donors (Lipinski definition) is 2. The van der Waals surface area contributed by atoms with Crippen LogP contribution in [0, 0.1) is 0 Å². The molecule has 100 valence electrons. The summed E-state index contributed by atoms with van der Waals surface area (Å²) in [5, 5.41) is 2.70. The highest BCUT2D eigenvalue weighted by Crippen LogP contribution is 2.04. The molecule has 0 spiro atoms. The third-order valence-electron chi connectivity index (χ3n) is 2.99. The van der Waals surface area contributed by atoms with Crippen LogP contribution in [0.25, 0.3) is 0 Å². The Bertz CT molecular complexity index is 260. The molecular weight excluding hydrogens is 218 g/mol. The van der Waals surface area contributed by atoms with E-state index in [0.29, 0.717) is 32.5 Å². The van der Waals surface area contributed by atoms with Crippen LogP contribution in [0.1, 0.15) is 40.5 Å². The van der Waals surface area contributed by atoms with Crippen molar-refractivity contribution >= 4 is 11.8 Å². The average Bonchev–Trinajstić information content (AvgIpc) is 2.30. The molecule has 2 amide bonds. The molecule has 5 heteroatoms. The van der Waals surface area contributed by atoms with Crippen LogP contribution >= 0.6 is 0 Å². The summed E-state index contributed by atoms with van der Waals surface area (Å²) in [6.45, 7) is 9.18. The summed E-state index contributed by atoms with van der Waals surface area (Å²) < 4.78 is 0. The summed E-state index contributed by atoms with van der Waals surface area (Å²) in [4.78, 5) is 25.0. The van der Waals surface area contributed by atoms with Gasteiger partial charge in [0, 0.05) is 26.1 Å². The first-order valence-corrected chi connectivity index (χ1v) is 6.23. The van der Waals surface area contributed by atoms with Gasteiger partial charge in [-0.2, -0.15) is 0 Å². The summed E-state index contributed by atoms with van der Waals surface area (Å²) in [7, 11) is 0. The first-order valence-electron chi connectivity index (χ1n) is 6.23. The standard InChI is InChI=1S/C12H25N3O2/c1-5-12(4,13)11(17)14-9-8-10(16)15(6-2)7-3/h5-9,13H2,1-4H3,(H,14,17). The smallest absolute Gasteiger partial charge is 0.239 e. The number of rotatable bonds is 7. The van der Waals surface area contributed by atoms with Crippen LogP contribution in [-0.4, -0.2) is 41.9 Å². The van der Waals surface area contributed by atoms with Gasteiger partial charge in [0.05, 0.1) is 5.54 Å². The van der Waals surface area contributed by atoms with Crippen molar-refractivity contribution in [3.63, 3.8) is 0 Å². The minimum atomic E-state index is -0.849. The van der Waals surface area contributed by atoms with Gasteiger partial charge in [0.15, 0.2) is 0 Å². The number of amides is 2. The molecule has 5 nitrogen and oxygen atoms in total. The van der Waals surface area contributed by atoms with Crippen LogP contribution in [0.15, 0.2) is 0 Å². The SMILES string of the molecule is CCN(CC)C(=O)CCNC(=O)C(C)(N)CC. The number of carbonyl (C=O) groups excluding carboxylic acids is 2. The van der Waals surface area contributed by atoms with Crippen molar-refractivity contribution < 1.29 is 9.59 Å². The lowest BCUT2D eigenvalue weighted by Crippen LogP contribution is -2.51. The van der Waals surface area contributed by atoms with Gasteiger partial charge < -0.3 is 16.0 Å². The maximum atomic E-state index is 11.6. The zero-order chi connectivity index (χ0) is 13.5. The Morgan fingerprint density at radius 2 is 1.76 bits per heavy atom. The lowest BCUT2D eigenvalue weighted by molar-refractivity contribution is -0.131. The van der Waals surface area contributed by atoms with Gasteiger partial charge >= 0.3 is 0 Å². The normalized spacial score (nSPS) is 13.9. The quantitative estimate of drug-likeness (QED) is 0.683. The predicted octanol–water partition coefficient (Wildman–Crippen LogP) is 0.489. The van der Waals surface area contributed by atoms with Crippen molar-refractivity contribution in [3.8, 4) is 0 Å². The second kappa shape index (κ2) is 7.27. The molecule has 0 fully saturated rings. The lowest BCUT2D eigenvalue weighted by atomic mass is 9.99. The Labute approximate surface area is 104 Å². The highest BCUT2D eigenvalue weighted by Gasteiger charge is 2.25. The highest BCUT2D eigenvalue weighted by molar-refractivity contribution is 5.86. The fraction of sp³-hybridized carbons (Fsp3) is 0.833. The third kappa shape index (κ3) is 5.17. The molecule has 0 aliphatic rings. The van der Waals surface area contributed by atoms with E-state index >= 15 is 0 Å². The van der Waals surface area contributed by atoms with Gasteiger partial charge in [0.1, 0.15) is 0 Å². The molecule has 0 aliphatic heterocycles. The Balaban J connectivity index is 4.00. The van der Waals surface area contributed by atoms with Crippen molar-refractivity contribution in [1.29, 1.82) is 0 Å². The topological polar surface area (TPSA) is 75.4 Å². The minimum absolute atomic E-state index is 0.0607. The Morgan fingerprint density at radius 3 is 2.18 bits per heavy atom. The van der Waals surface area contributed by atoms with Gasteiger partial charge in [-0.15, -0.1) is 0 Å². The molecule has 3 N–H and O–H groups in total. The molecule has 17 heavy (non-hydrogen) atoms. The Hall–Kier alpha value is -1.10. The first-order chi connectivity index (χ1) is 7.88. The summed E-state index contributed by atoms with van der Waals surface area (Å²) in [5.74, 6) is -0.141. The summed E-state index contributed by atoms with van der Waals surface area (Å²) in [6.07, 6.45) is 0.899. The molecule has 0 aliphatic carbocycles. The van der Waals surface area contributed by atoms with E-state index in [1.165, 1.54) is 0 Å².